The Morgan fingerprint density at radius 2 is 1.94 bits per heavy atom. The molecule has 1 rings (SSSR count). The van der Waals surface area contributed by atoms with Gasteiger partial charge in [-0.15, -0.1) is 0 Å². The Balaban J connectivity index is 2.05. The van der Waals surface area contributed by atoms with Crippen LogP contribution in [-0.4, -0.2) is 48.7 Å². The van der Waals surface area contributed by atoms with Crippen LogP contribution in [0.4, 0.5) is 0 Å². The van der Waals surface area contributed by atoms with E-state index in [1.165, 1.54) is 25.9 Å². The van der Waals surface area contributed by atoms with Gasteiger partial charge in [0.15, 0.2) is 0 Å². The predicted octanol–water partition coefficient (Wildman–Crippen LogP) is 1.03. The van der Waals surface area contributed by atoms with Gasteiger partial charge in [0.1, 0.15) is 0 Å². The summed E-state index contributed by atoms with van der Waals surface area (Å²) >= 11 is 0. The van der Waals surface area contributed by atoms with Crippen LogP contribution >= 0.6 is 0 Å². The highest BCUT2D eigenvalue weighted by molar-refractivity contribution is 5.69. The van der Waals surface area contributed by atoms with Gasteiger partial charge in [-0.2, -0.15) is 0 Å². The number of likely N-dealkylation sites (tertiary alicyclic amines) is 1. The Morgan fingerprint density at radius 3 is 2.50 bits per heavy atom. The molecule has 1 aliphatic heterocycles. The highest BCUT2D eigenvalue weighted by Gasteiger charge is 2.15. The molecule has 0 aromatic rings. The molecule has 4 nitrogen and oxygen atoms in total. The summed E-state index contributed by atoms with van der Waals surface area (Å²) in [6.07, 6.45) is 2.66. The van der Waals surface area contributed by atoms with Crippen molar-refractivity contribution in [3.63, 3.8) is 0 Å². The molecule has 4 heteroatoms. The maximum atomic E-state index is 10.6. The quantitative estimate of drug-likeness (QED) is 0.683. The van der Waals surface area contributed by atoms with Crippen molar-refractivity contribution in [1.29, 1.82) is 0 Å². The Morgan fingerprint density at radius 1 is 1.31 bits per heavy atom. The summed E-state index contributed by atoms with van der Waals surface area (Å²) in [4.78, 5) is 13.1. The van der Waals surface area contributed by atoms with Crippen molar-refractivity contribution in [2.45, 2.75) is 26.7 Å². The third-order valence-electron chi connectivity index (χ3n) is 3.13. The number of hydrogen-bond acceptors (Lipinski definition) is 3. The second kappa shape index (κ2) is 6.86. The van der Waals surface area contributed by atoms with Gasteiger partial charge in [0.25, 0.3) is 0 Å². The van der Waals surface area contributed by atoms with Crippen molar-refractivity contribution in [3.8, 4) is 0 Å². The van der Waals surface area contributed by atoms with E-state index in [4.69, 9.17) is 5.11 Å². The summed E-state index contributed by atoms with van der Waals surface area (Å²) in [6.45, 7) is 9.03. The van der Waals surface area contributed by atoms with Crippen molar-refractivity contribution in [2.24, 2.45) is 11.8 Å². The van der Waals surface area contributed by atoms with Gasteiger partial charge in [0, 0.05) is 13.1 Å². The SMILES string of the molecule is CC(CNCC(C)C(=O)O)CN1CCCC1. The molecule has 2 atom stereocenters. The molecule has 0 aromatic carbocycles. The summed E-state index contributed by atoms with van der Waals surface area (Å²) < 4.78 is 0. The number of nitrogens with zero attached hydrogens (tertiary/aromatic N) is 1. The molecule has 2 N–H and O–H groups in total. The third-order valence-corrected chi connectivity index (χ3v) is 3.13. The van der Waals surface area contributed by atoms with E-state index < -0.39 is 5.97 Å². The van der Waals surface area contributed by atoms with Crippen LogP contribution in [0.2, 0.25) is 0 Å². The number of carboxylic acids is 1. The lowest BCUT2D eigenvalue weighted by molar-refractivity contribution is -0.140. The van der Waals surface area contributed by atoms with E-state index in [1.54, 1.807) is 6.92 Å². The molecule has 0 amide bonds. The van der Waals surface area contributed by atoms with Gasteiger partial charge >= 0.3 is 5.97 Å². The fourth-order valence-electron chi connectivity index (χ4n) is 2.10. The smallest absolute Gasteiger partial charge is 0.307 e. The predicted molar refractivity (Wildman–Crippen MR) is 64.5 cm³/mol. The third kappa shape index (κ3) is 4.94. The zero-order chi connectivity index (χ0) is 12.0. The van der Waals surface area contributed by atoms with Crippen molar-refractivity contribution in [3.05, 3.63) is 0 Å². The molecule has 0 spiro atoms. The van der Waals surface area contributed by atoms with Crippen LogP contribution in [0.1, 0.15) is 26.7 Å². The summed E-state index contributed by atoms with van der Waals surface area (Å²) in [5.41, 5.74) is 0. The normalized spacial score (nSPS) is 20.9. The van der Waals surface area contributed by atoms with Crippen LogP contribution in [-0.2, 0) is 4.79 Å². The number of carboxylic acid groups (broad SMARTS) is 1. The number of hydrogen-bond donors (Lipinski definition) is 2. The number of aliphatic carboxylic acids is 1. The van der Waals surface area contributed by atoms with Crippen molar-refractivity contribution >= 4 is 5.97 Å². The molecule has 1 heterocycles. The summed E-state index contributed by atoms with van der Waals surface area (Å²) in [5, 5.41) is 12.0. The second-order valence-electron chi connectivity index (χ2n) is 5.01. The minimum atomic E-state index is -0.723. The van der Waals surface area contributed by atoms with Crippen LogP contribution in [0.5, 0.6) is 0 Å². The van der Waals surface area contributed by atoms with Gasteiger partial charge in [-0.05, 0) is 38.4 Å². The first kappa shape index (κ1) is 13.5. The minimum absolute atomic E-state index is 0.293. The van der Waals surface area contributed by atoms with E-state index in [9.17, 15) is 4.79 Å². The van der Waals surface area contributed by atoms with E-state index in [1.807, 2.05) is 0 Å². The Labute approximate surface area is 98.0 Å². The molecule has 1 fully saturated rings. The number of carbonyl (C=O) groups is 1. The fourth-order valence-corrected chi connectivity index (χ4v) is 2.10. The Bertz CT molecular complexity index is 215. The average Bonchev–Trinajstić information content (AvgIpc) is 2.70. The number of rotatable bonds is 7. The monoisotopic (exact) mass is 228 g/mol. The first-order valence-corrected chi connectivity index (χ1v) is 6.25. The Kier molecular flexibility index (Phi) is 5.77. The molecule has 16 heavy (non-hydrogen) atoms. The largest absolute Gasteiger partial charge is 0.481 e. The van der Waals surface area contributed by atoms with Crippen LogP contribution in [0.15, 0.2) is 0 Å². The van der Waals surface area contributed by atoms with Crippen molar-refractivity contribution < 1.29 is 9.90 Å². The van der Waals surface area contributed by atoms with Gasteiger partial charge in [-0.3, -0.25) is 4.79 Å². The van der Waals surface area contributed by atoms with Gasteiger partial charge in [-0.25, -0.2) is 0 Å². The molecular weight excluding hydrogens is 204 g/mol. The van der Waals surface area contributed by atoms with Gasteiger partial charge in [-0.1, -0.05) is 13.8 Å². The molecule has 0 aliphatic carbocycles. The zero-order valence-electron chi connectivity index (χ0n) is 10.4. The van der Waals surface area contributed by atoms with E-state index in [0.29, 0.717) is 12.5 Å². The highest BCUT2D eigenvalue weighted by Crippen LogP contribution is 2.09. The average molecular weight is 228 g/mol. The number of nitrogens with one attached hydrogen (secondary N) is 1. The minimum Gasteiger partial charge on any atom is -0.481 e. The highest BCUT2D eigenvalue weighted by atomic mass is 16.4. The van der Waals surface area contributed by atoms with Crippen LogP contribution in [0.3, 0.4) is 0 Å². The summed E-state index contributed by atoms with van der Waals surface area (Å²) in [7, 11) is 0. The lowest BCUT2D eigenvalue weighted by Crippen LogP contribution is -2.34. The first-order chi connectivity index (χ1) is 7.59. The van der Waals surface area contributed by atoms with Gasteiger partial charge < -0.3 is 15.3 Å². The van der Waals surface area contributed by atoms with Gasteiger partial charge in [0.2, 0.25) is 0 Å². The standard InChI is InChI=1S/C12H24N2O2/c1-10(9-14-5-3-4-6-14)7-13-8-11(2)12(15)16/h10-11,13H,3-9H2,1-2H3,(H,15,16). The van der Waals surface area contributed by atoms with Gasteiger partial charge in [0.05, 0.1) is 5.92 Å². The molecule has 0 aromatic heterocycles. The summed E-state index contributed by atoms with van der Waals surface area (Å²) in [6, 6.07) is 0. The lowest BCUT2D eigenvalue weighted by atomic mass is 10.1. The molecule has 1 saturated heterocycles. The van der Waals surface area contributed by atoms with E-state index in [0.717, 1.165) is 13.1 Å². The molecule has 0 saturated carbocycles. The second-order valence-corrected chi connectivity index (χ2v) is 5.01. The van der Waals surface area contributed by atoms with Crippen molar-refractivity contribution in [2.75, 3.05) is 32.7 Å². The van der Waals surface area contributed by atoms with Crippen LogP contribution < -0.4 is 5.32 Å². The van der Waals surface area contributed by atoms with Crippen molar-refractivity contribution in [1.82, 2.24) is 10.2 Å². The van der Waals surface area contributed by atoms with Crippen LogP contribution in [0, 0.1) is 11.8 Å². The van der Waals surface area contributed by atoms with E-state index >= 15 is 0 Å². The molecule has 0 radical (unpaired) electrons. The maximum Gasteiger partial charge on any atom is 0.307 e. The van der Waals surface area contributed by atoms with E-state index in [-0.39, 0.29) is 5.92 Å². The molecule has 94 valence electrons. The van der Waals surface area contributed by atoms with E-state index in [2.05, 4.69) is 17.1 Å². The lowest BCUT2D eigenvalue weighted by Gasteiger charge is -2.20. The summed E-state index contributed by atoms with van der Waals surface area (Å²) in [5.74, 6) is -0.419. The molecular formula is C12H24N2O2. The first-order valence-electron chi connectivity index (χ1n) is 6.25. The molecule has 2 unspecified atom stereocenters. The molecule has 0 bridgehead atoms. The maximum absolute atomic E-state index is 10.6. The Hall–Kier alpha value is -0.610. The molecule has 1 aliphatic rings. The topological polar surface area (TPSA) is 52.6 Å². The van der Waals surface area contributed by atoms with Crippen LogP contribution in [0.25, 0.3) is 0 Å². The fraction of sp³-hybridized carbons (Fsp3) is 0.917. The zero-order valence-corrected chi connectivity index (χ0v) is 10.4.